The SMILES string of the molecule is CCCC(Oc1ccc(C(=C(CC)c2ccc3c(c2)OCO3)c2ccc(OCOC(=O)C(C)(C)C)cc2)cc1)C(CC)NC. The van der Waals surface area contributed by atoms with Crippen molar-refractivity contribution in [2.45, 2.75) is 79.4 Å². The predicted octanol–water partition coefficient (Wildman–Crippen LogP) is 8.26. The molecule has 0 amide bonds. The van der Waals surface area contributed by atoms with E-state index in [1.807, 2.05) is 58.2 Å². The van der Waals surface area contributed by atoms with E-state index < -0.39 is 5.41 Å². The number of fused-ring (bicyclic) bond motifs is 1. The summed E-state index contributed by atoms with van der Waals surface area (Å²) in [4.78, 5) is 12.1. The van der Waals surface area contributed by atoms with E-state index in [4.69, 9.17) is 23.7 Å². The van der Waals surface area contributed by atoms with E-state index in [1.54, 1.807) is 0 Å². The second kappa shape index (κ2) is 15.2. The van der Waals surface area contributed by atoms with Crippen LogP contribution in [-0.4, -0.2) is 38.7 Å². The average Bonchev–Trinajstić information content (AvgIpc) is 3.49. The lowest BCUT2D eigenvalue weighted by Crippen LogP contribution is -2.40. The number of carbonyl (C=O) groups is 1. The van der Waals surface area contributed by atoms with Crippen molar-refractivity contribution in [3.63, 3.8) is 0 Å². The molecule has 44 heavy (non-hydrogen) atoms. The molecule has 0 aromatic heterocycles. The number of carbonyl (C=O) groups excluding carboxylic acids is 1. The standard InChI is InChI=1S/C37H47NO6/c1-8-11-32(31(10-3)38-7)44-29-19-14-26(15-20-29)35(30(9-2)27-16-21-33-34(22-27)42-24-41-33)25-12-17-28(18-13-25)40-23-43-36(39)37(4,5)6/h12-22,31-32,38H,8-11,23-24H2,1-7H3. The number of nitrogens with one attached hydrogen (secondary N) is 1. The molecular formula is C37H47NO6. The Morgan fingerprint density at radius 3 is 2.05 bits per heavy atom. The molecule has 1 aliphatic rings. The first kappa shape index (κ1) is 32.9. The van der Waals surface area contributed by atoms with E-state index in [0.717, 1.165) is 65.2 Å². The molecule has 0 radical (unpaired) electrons. The van der Waals surface area contributed by atoms with Gasteiger partial charge in [-0.3, -0.25) is 4.79 Å². The number of rotatable bonds is 14. The van der Waals surface area contributed by atoms with Crippen LogP contribution in [0.1, 0.15) is 83.9 Å². The molecule has 3 aromatic carbocycles. The van der Waals surface area contributed by atoms with E-state index in [2.05, 4.69) is 62.5 Å². The third-order valence-corrected chi connectivity index (χ3v) is 7.81. The molecule has 0 fully saturated rings. The first-order valence-electron chi connectivity index (χ1n) is 15.7. The molecular weight excluding hydrogens is 554 g/mol. The summed E-state index contributed by atoms with van der Waals surface area (Å²) in [5.74, 6) is 2.68. The molecule has 3 aromatic rings. The highest BCUT2D eigenvalue weighted by Gasteiger charge is 2.23. The molecule has 1 aliphatic heterocycles. The molecule has 0 saturated heterocycles. The Morgan fingerprint density at radius 2 is 1.48 bits per heavy atom. The molecule has 0 spiro atoms. The lowest BCUT2D eigenvalue weighted by Gasteiger charge is -2.27. The number of esters is 1. The van der Waals surface area contributed by atoms with Crippen LogP contribution < -0.4 is 24.3 Å². The van der Waals surface area contributed by atoms with E-state index in [9.17, 15) is 4.79 Å². The second-order valence-electron chi connectivity index (χ2n) is 12.0. The smallest absolute Gasteiger partial charge is 0.314 e. The normalized spacial score (nSPS) is 14.4. The maximum Gasteiger partial charge on any atom is 0.314 e. The molecule has 2 atom stereocenters. The van der Waals surface area contributed by atoms with Crippen molar-refractivity contribution in [3.8, 4) is 23.0 Å². The number of hydrogen-bond acceptors (Lipinski definition) is 7. The summed E-state index contributed by atoms with van der Waals surface area (Å²) >= 11 is 0. The van der Waals surface area contributed by atoms with Crippen LogP contribution in [0, 0.1) is 5.41 Å². The van der Waals surface area contributed by atoms with E-state index in [1.165, 1.54) is 5.57 Å². The van der Waals surface area contributed by atoms with Crippen molar-refractivity contribution in [1.82, 2.24) is 5.32 Å². The topological polar surface area (TPSA) is 75.2 Å². The Morgan fingerprint density at radius 1 is 0.864 bits per heavy atom. The van der Waals surface area contributed by atoms with Crippen LogP contribution in [-0.2, 0) is 9.53 Å². The van der Waals surface area contributed by atoms with Gasteiger partial charge in [-0.2, -0.15) is 0 Å². The van der Waals surface area contributed by atoms with Crippen LogP contribution in [0.25, 0.3) is 11.1 Å². The lowest BCUT2D eigenvalue weighted by atomic mass is 9.88. The first-order valence-corrected chi connectivity index (χ1v) is 15.7. The van der Waals surface area contributed by atoms with Crippen molar-refractivity contribution < 1.29 is 28.5 Å². The molecule has 1 N–H and O–H groups in total. The van der Waals surface area contributed by atoms with Crippen molar-refractivity contribution in [2.75, 3.05) is 20.6 Å². The van der Waals surface area contributed by atoms with Crippen LogP contribution >= 0.6 is 0 Å². The predicted molar refractivity (Wildman–Crippen MR) is 175 cm³/mol. The molecule has 1 heterocycles. The minimum atomic E-state index is -0.583. The third kappa shape index (κ3) is 8.14. The minimum Gasteiger partial charge on any atom is -0.489 e. The summed E-state index contributed by atoms with van der Waals surface area (Å²) in [6, 6.07) is 22.7. The van der Waals surface area contributed by atoms with Gasteiger partial charge in [-0.25, -0.2) is 0 Å². The number of allylic oxidation sites excluding steroid dienone is 1. The number of benzene rings is 3. The van der Waals surface area contributed by atoms with Gasteiger partial charge in [-0.05, 0) is 111 Å². The van der Waals surface area contributed by atoms with Gasteiger partial charge in [0.05, 0.1) is 5.41 Å². The van der Waals surface area contributed by atoms with Crippen molar-refractivity contribution in [2.24, 2.45) is 5.41 Å². The zero-order chi connectivity index (χ0) is 31.7. The number of hydrogen-bond donors (Lipinski definition) is 1. The molecule has 7 nitrogen and oxygen atoms in total. The number of ether oxygens (including phenoxy) is 5. The monoisotopic (exact) mass is 601 g/mol. The molecule has 0 bridgehead atoms. The van der Waals surface area contributed by atoms with Gasteiger partial charge in [0.25, 0.3) is 0 Å². The van der Waals surface area contributed by atoms with Crippen LogP contribution in [0.3, 0.4) is 0 Å². The van der Waals surface area contributed by atoms with Crippen LogP contribution in [0.2, 0.25) is 0 Å². The van der Waals surface area contributed by atoms with Gasteiger partial charge < -0.3 is 29.0 Å². The fourth-order valence-corrected chi connectivity index (χ4v) is 5.36. The summed E-state index contributed by atoms with van der Waals surface area (Å²) in [5.41, 5.74) is 4.89. The van der Waals surface area contributed by atoms with Crippen LogP contribution in [0.4, 0.5) is 0 Å². The van der Waals surface area contributed by atoms with Gasteiger partial charge in [-0.1, -0.05) is 57.5 Å². The summed E-state index contributed by atoms with van der Waals surface area (Å²) in [7, 11) is 2.00. The maximum absolute atomic E-state index is 12.1. The van der Waals surface area contributed by atoms with Gasteiger partial charge in [0.1, 0.15) is 17.6 Å². The van der Waals surface area contributed by atoms with Crippen molar-refractivity contribution in [3.05, 3.63) is 83.4 Å². The second-order valence-corrected chi connectivity index (χ2v) is 12.0. The Labute approximate surface area is 262 Å². The summed E-state index contributed by atoms with van der Waals surface area (Å²) in [6.07, 6.45) is 3.95. The zero-order valence-corrected chi connectivity index (χ0v) is 27.2. The highest BCUT2D eigenvalue weighted by atomic mass is 16.7. The molecule has 2 unspecified atom stereocenters. The van der Waals surface area contributed by atoms with Gasteiger partial charge in [0.15, 0.2) is 11.5 Å². The van der Waals surface area contributed by atoms with Gasteiger partial charge in [0.2, 0.25) is 13.6 Å². The fraction of sp³-hybridized carbons (Fsp3) is 0.432. The molecule has 7 heteroatoms. The molecule has 4 rings (SSSR count). The van der Waals surface area contributed by atoms with Crippen molar-refractivity contribution >= 4 is 17.1 Å². The molecule has 0 saturated carbocycles. The Kier molecular flexibility index (Phi) is 11.3. The van der Waals surface area contributed by atoms with Gasteiger partial charge in [0, 0.05) is 6.04 Å². The molecule has 0 aliphatic carbocycles. The van der Waals surface area contributed by atoms with Crippen molar-refractivity contribution in [1.29, 1.82) is 0 Å². The summed E-state index contributed by atoms with van der Waals surface area (Å²) in [6.45, 7) is 12.1. The van der Waals surface area contributed by atoms with Gasteiger partial charge >= 0.3 is 5.97 Å². The summed E-state index contributed by atoms with van der Waals surface area (Å²) < 4.78 is 28.8. The van der Waals surface area contributed by atoms with E-state index >= 15 is 0 Å². The maximum atomic E-state index is 12.1. The minimum absolute atomic E-state index is 0.103. The largest absolute Gasteiger partial charge is 0.489 e. The van der Waals surface area contributed by atoms with Crippen LogP contribution in [0.5, 0.6) is 23.0 Å². The number of likely N-dealkylation sites (N-methyl/N-ethyl adjacent to an activating group) is 1. The summed E-state index contributed by atoms with van der Waals surface area (Å²) in [5, 5.41) is 3.41. The third-order valence-electron chi connectivity index (χ3n) is 7.81. The first-order chi connectivity index (χ1) is 21.2. The van der Waals surface area contributed by atoms with E-state index in [-0.39, 0.29) is 25.7 Å². The highest BCUT2D eigenvalue weighted by molar-refractivity contribution is 5.99. The molecule has 236 valence electrons. The fourth-order valence-electron chi connectivity index (χ4n) is 5.36. The quantitative estimate of drug-likeness (QED) is 0.113. The van der Waals surface area contributed by atoms with Gasteiger partial charge in [-0.15, -0.1) is 0 Å². The average molecular weight is 602 g/mol. The Hall–Kier alpha value is -3.97. The highest BCUT2D eigenvalue weighted by Crippen LogP contribution is 2.40. The van der Waals surface area contributed by atoms with Crippen LogP contribution in [0.15, 0.2) is 66.7 Å². The Bertz CT molecular complexity index is 1400. The Balaban J connectivity index is 1.67. The zero-order valence-electron chi connectivity index (χ0n) is 27.2. The lowest BCUT2D eigenvalue weighted by molar-refractivity contribution is -0.159. The van der Waals surface area contributed by atoms with E-state index in [0.29, 0.717) is 11.8 Å².